The number of benzene rings is 7. The molecule has 0 aliphatic heterocycles. The summed E-state index contributed by atoms with van der Waals surface area (Å²) in [5.74, 6) is 0.639. The largest absolute Gasteiger partial charge is 0.456 e. The predicted molar refractivity (Wildman–Crippen MR) is 215 cm³/mol. The van der Waals surface area contributed by atoms with E-state index in [4.69, 9.17) is 38.3 Å². The Hall–Kier alpha value is -6.41. The van der Waals surface area contributed by atoms with Crippen molar-refractivity contribution >= 4 is 68.3 Å². The first kappa shape index (κ1) is 30.4. The van der Waals surface area contributed by atoms with E-state index >= 15 is 0 Å². The molecule has 0 atom stereocenters. The molecule has 0 spiro atoms. The summed E-state index contributed by atoms with van der Waals surface area (Å²) in [6.07, 6.45) is 0. The number of rotatable bonds is 5. The van der Waals surface area contributed by atoms with Gasteiger partial charge >= 0.3 is 0 Å². The van der Waals surface area contributed by atoms with Crippen LogP contribution >= 0.6 is 24.4 Å². The standard InChI is InChI=1S/C45H27N3O2S2/c51-44-46-43(36-15-9-19-40-42(36)35-13-5-7-17-38(35)50-40)47(45(52)48(44)32-24-20-29(21-25-32)28-10-2-1-3-11-28)31-26-22-30(23-27-31)33-14-8-18-39-41(33)34-12-4-6-16-37(34)49-39/h1-27H. The molecule has 0 saturated carbocycles. The van der Waals surface area contributed by atoms with E-state index in [1.54, 1.807) is 0 Å². The Morgan fingerprint density at radius 2 is 0.885 bits per heavy atom. The Morgan fingerprint density at radius 3 is 1.52 bits per heavy atom. The second kappa shape index (κ2) is 12.1. The molecule has 0 aliphatic rings. The first-order valence-corrected chi connectivity index (χ1v) is 17.8. The van der Waals surface area contributed by atoms with Crippen LogP contribution in [0.1, 0.15) is 0 Å². The van der Waals surface area contributed by atoms with Crippen LogP contribution in [0.25, 0.3) is 88.9 Å². The van der Waals surface area contributed by atoms with E-state index in [9.17, 15) is 0 Å². The molecule has 3 heterocycles. The van der Waals surface area contributed by atoms with E-state index in [-0.39, 0.29) is 0 Å². The summed E-state index contributed by atoms with van der Waals surface area (Å²) in [6.45, 7) is 0. The van der Waals surface area contributed by atoms with Crippen molar-refractivity contribution in [3.05, 3.63) is 173 Å². The third-order valence-electron chi connectivity index (χ3n) is 9.70. The fourth-order valence-corrected chi connectivity index (χ4v) is 8.02. The minimum absolute atomic E-state index is 0.364. The fourth-order valence-electron chi connectivity index (χ4n) is 7.30. The molecule has 7 aromatic carbocycles. The fraction of sp³-hybridized carbons (Fsp3) is 0. The zero-order valence-electron chi connectivity index (χ0n) is 27.6. The monoisotopic (exact) mass is 705 g/mol. The minimum Gasteiger partial charge on any atom is -0.456 e. The normalized spacial score (nSPS) is 11.6. The second-order valence-corrected chi connectivity index (χ2v) is 13.4. The number of para-hydroxylation sites is 2. The molecule has 0 aliphatic carbocycles. The van der Waals surface area contributed by atoms with Gasteiger partial charge in [0.1, 0.15) is 22.3 Å². The maximum atomic E-state index is 6.37. The number of hydrogen-bond donors (Lipinski definition) is 0. The van der Waals surface area contributed by atoms with Crippen molar-refractivity contribution in [1.29, 1.82) is 0 Å². The quantitative estimate of drug-likeness (QED) is 0.167. The van der Waals surface area contributed by atoms with Gasteiger partial charge in [-0.1, -0.05) is 115 Å². The average Bonchev–Trinajstić information content (AvgIpc) is 3.77. The zero-order valence-corrected chi connectivity index (χ0v) is 29.2. The molecule has 5 nitrogen and oxygen atoms in total. The number of hydrogen-bond acceptors (Lipinski definition) is 5. The summed E-state index contributed by atoms with van der Waals surface area (Å²) in [7, 11) is 0. The minimum atomic E-state index is 0.364. The van der Waals surface area contributed by atoms with Crippen molar-refractivity contribution in [2.75, 3.05) is 0 Å². The lowest BCUT2D eigenvalue weighted by atomic mass is 9.99. The number of furan rings is 2. The maximum absolute atomic E-state index is 6.37. The van der Waals surface area contributed by atoms with Gasteiger partial charge in [-0.15, -0.1) is 0 Å². The van der Waals surface area contributed by atoms with Gasteiger partial charge in [0, 0.05) is 32.8 Å². The lowest BCUT2D eigenvalue weighted by Gasteiger charge is -2.19. The summed E-state index contributed by atoms with van der Waals surface area (Å²) >= 11 is 12.4. The van der Waals surface area contributed by atoms with Crippen molar-refractivity contribution in [2.24, 2.45) is 0 Å². The van der Waals surface area contributed by atoms with Crippen LogP contribution in [0, 0.1) is 9.54 Å². The highest BCUT2D eigenvalue weighted by Gasteiger charge is 2.20. The van der Waals surface area contributed by atoms with E-state index in [0.717, 1.165) is 83.1 Å². The van der Waals surface area contributed by atoms with E-state index in [2.05, 4.69) is 72.8 Å². The smallest absolute Gasteiger partial charge is 0.208 e. The average molecular weight is 706 g/mol. The summed E-state index contributed by atoms with van der Waals surface area (Å²) in [6, 6.07) is 55.5. The van der Waals surface area contributed by atoms with Crippen molar-refractivity contribution in [3.8, 4) is 45.0 Å². The van der Waals surface area contributed by atoms with Crippen molar-refractivity contribution in [1.82, 2.24) is 14.1 Å². The van der Waals surface area contributed by atoms with Gasteiger partial charge in [-0.05, 0) is 95.2 Å². The Bertz CT molecular complexity index is 3100. The lowest BCUT2D eigenvalue weighted by molar-refractivity contribution is 0.668. The van der Waals surface area contributed by atoms with Crippen molar-refractivity contribution < 1.29 is 8.83 Å². The van der Waals surface area contributed by atoms with Crippen LogP contribution in [-0.4, -0.2) is 14.1 Å². The molecule has 0 unspecified atom stereocenters. The molecular formula is C45H27N3O2S2. The van der Waals surface area contributed by atoms with Crippen LogP contribution in [0.4, 0.5) is 0 Å². The Kier molecular flexibility index (Phi) is 7.09. The van der Waals surface area contributed by atoms with E-state index in [1.165, 1.54) is 0 Å². The van der Waals surface area contributed by atoms with Gasteiger partial charge in [-0.25, -0.2) is 4.98 Å². The van der Waals surface area contributed by atoms with Gasteiger partial charge in [0.05, 0.1) is 5.69 Å². The highest BCUT2D eigenvalue weighted by Crippen LogP contribution is 2.39. The molecule has 0 amide bonds. The van der Waals surface area contributed by atoms with Crippen LogP contribution in [0.5, 0.6) is 0 Å². The van der Waals surface area contributed by atoms with Crippen LogP contribution in [-0.2, 0) is 0 Å². The number of aromatic nitrogens is 3. The van der Waals surface area contributed by atoms with E-state index < -0.39 is 0 Å². The first-order chi connectivity index (χ1) is 25.6. The molecule has 10 rings (SSSR count). The highest BCUT2D eigenvalue weighted by atomic mass is 32.1. The van der Waals surface area contributed by atoms with E-state index in [0.29, 0.717) is 15.4 Å². The molecule has 0 saturated heterocycles. The Morgan fingerprint density at radius 1 is 0.404 bits per heavy atom. The van der Waals surface area contributed by atoms with Gasteiger partial charge < -0.3 is 8.83 Å². The third kappa shape index (κ3) is 4.86. The van der Waals surface area contributed by atoms with Crippen LogP contribution in [0.15, 0.2) is 173 Å². The highest BCUT2D eigenvalue weighted by molar-refractivity contribution is 7.72. The first-order valence-electron chi connectivity index (χ1n) is 17.0. The maximum Gasteiger partial charge on any atom is 0.208 e. The van der Waals surface area contributed by atoms with Crippen molar-refractivity contribution in [3.63, 3.8) is 0 Å². The summed E-state index contributed by atoms with van der Waals surface area (Å²) in [5.41, 5.74) is 10.3. The van der Waals surface area contributed by atoms with Gasteiger partial charge in [0.2, 0.25) is 4.77 Å². The summed E-state index contributed by atoms with van der Waals surface area (Å²) in [4.78, 5) is 5.14. The number of nitrogens with zero attached hydrogens (tertiary/aromatic N) is 3. The molecule has 0 radical (unpaired) electrons. The predicted octanol–water partition coefficient (Wildman–Crippen LogP) is 12.9. The van der Waals surface area contributed by atoms with Gasteiger partial charge in [0.25, 0.3) is 0 Å². The van der Waals surface area contributed by atoms with Gasteiger partial charge in [-0.2, -0.15) is 0 Å². The van der Waals surface area contributed by atoms with Crippen LogP contribution < -0.4 is 0 Å². The Labute approximate surface area is 308 Å². The topological polar surface area (TPSA) is 49.0 Å². The molecule has 3 aromatic heterocycles. The second-order valence-electron chi connectivity index (χ2n) is 12.7. The van der Waals surface area contributed by atoms with Gasteiger partial charge in [-0.3, -0.25) is 9.13 Å². The summed E-state index contributed by atoms with van der Waals surface area (Å²) < 4.78 is 17.2. The molecule has 52 heavy (non-hydrogen) atoms. The zero-order chi connectivity index (χ0) is 34.8. The molecule has 0 bridgehead atoms. The van der Waals surface area contributed by atoms with Crippen molar-refractivity contribution in [2.45, 2.75) is 0 Å². The van der Waals surface area contributed by atoms with Gasteiger partial charge in [0.15, 0.2) is 10.6 Å². The Balaban J connectivity index is 1.19. The lowest BCUT2D eigenvalue weighted by Crippen LogP contribution is -2.13. The molecule has 0 N–H and O–H groups in total. The summed E-state index contributed by atoms with van der Waals surface area (Å²) in [5, 5.41) is 4.15. The molecule has 246 valence electrons. The molecule has 10 aromatic rings. The number of fused-ring (bicyclic) bond motifs is 6. The molecule has 7 heteroatoms. The van der Waals surface area contributed by atoms with Crippen LogP contribution in [0.3, 0.4) is 0 Å². The molecular weight excluding hydrogens is 679 g/mol. The van der Waals surface area contributed by atoms with Crippen LogP contribution in [0.2, 0.25) is 0 Å². The molecule has 0 fully saturated rings. The third-order valence-corrected chi connectivity index (χ3v) is 10.3. The SMILES string of the molecule is S=c1nc(-c2cccc3oc4ccccc4c23)n(-c2ccc(-c3cccc4oc5ccccc5c34)cc2)c(=S)n1-c1ccc(-c2ccccc2)cc1. The van der Waals surface area contributed by atoms with E-state index in [1.807, 2.05) is 100 Å².